The van der Waals surface area contributed by atoms with Crippen molar-refractivity contribution in [2.24, 2.45) is 5.73 Å². The molecule has 0 bridgehead atoms. The number of rotatable bonds is 5. The van der Waals surface area contributed by atoms with E-state index < -0.39 is 0 Å². The van der Waals surface area contributed by atoms with Crippen molar-refractivity contribution >= 4 is 11.6 Å². The van der Waals surface area contributed by atoms with E-state index >= 15 is 0 Å². The molecule has 0 saturated heterocycles. The molecule has 5 heteroatoms. The lowest BCUT2D eigenvalue weighted by atomic mass is 10.2. The van der Waals surface area contributed by atoms with Crippen molar-refractivity contribution in [2.45, 2.75) is 13.2 Å². The number of benzene rings is 2. The van der Waals surface area contributed by atoms with E-state index in [0.717, 1.165) is 11.1 Å². The van der Waals surface area contributed by atoms with Crippen LogP contribution in [-0.4, -0.2) is 7.11 Å². The molecule has 0 saturated carbocycles. The topological polar surface area (TPSA) is 44.5 Å². The Bertz CT molecular complexity index is 562. The first-order chi connectivity index (χ1) is 9.63. The molecule has 0 aliphatic heterocycles. The van der Waals surface area contributed by atoms with E-state index in [1.165, 1.54) is 19.2 Å². The number of hydrogen-bond acceptors (Lipinski definition) is 3. The molecule has 0 atom stereocenters. The summed E-state index contributed by atoms with van der Waals surface area (Å²) in [6.45, 7) is 0.584. The fourth-order valence-electron chi connectivity index (χ4n) is 1.83. The molecule has 106 valence electrons. The maximum atomic E-state index is 12.8. The van der Waals surface area contributed by atoms with Gasteiger partial charge in [0.15, 0.2) is 11.5 Å². The third-order valence-corrected chi connectivity index (χ3v) is 3.05. The van der Waals surface area contributed by atoms with Crippen molar-refractivity contribution in [1.82, 2.24) is 0 Å². The van der Waals surface area contributed by atoms with Gasteiger partial charge in [-0.15, -0.1) is 0 Å². The normalized spacial score (nSPS) is 10.4. The molecule has 20 heavy (non-hydrogen) atoms. The molecule has 2 rings (SSSR count). The van der Waals surface area contributed by atoms with Crippen LogP contribution < -0.4 is 15.2 Å². The zero-order valence-electron chi connectivity index (χ0n) is 11.0. The molecule has 0 unspecified atom stereocenters. The maximum absolute atomic E-state index is 12.8. The Morgan fingerprint density at radius 3 is 2.50 bits per heavy atom. The minimum absolute atomic E-state index is 0.277. The van der Waals surface area contributed by atoms with Gasteiger partial charge in [-0.25, -0.2) is 4.39 Å². The smallest absolute Gasteiger partial charge is 0.166 e. The SMILES string of the molecule is COc1cc(Cl)cc(CN)c1OCc1ccc(F)cc1. The second kappa shape index (κ2) is 6.59. The first-order valence-electron chi connectivity index (χ1n) is 6.07. The van der Waals surface area contributed by atoms with Crippen LogP contribution in [0.3, 0.4) is 0 Å². The van der Waals surface area contributed by atoms with E-state index in [9.17, 15) is 4.39 Å². The average Bonchev–Trinajstić information content (AvgIpc) is 2.46. The second-order valence-corrected chi connectivity index (χ2v) is 4.65. The predicted octanol–water partition coefficient (Wildman–Crippen LogP) is 3.53. The van der Waals surface area contributed by atoms with Gasteiger partial charge >= 0.3 is 0 Å². The van der Waals surface area contributed by atoms with Gasteiger partial charge in [-0.2, -0.15) is 0 Å². The van der Waals surface area contributed by atoms with Crippen molar-refractivity contribution in [2.75, 3.05) is 7.11 Å². The molecular formula is C15H15ClFNO2. The van der Waals surface area contributed by atoms with Crippen LogP contribution in [0.2, 0.25) is 5.02 Å². The lowest BCUT2D eigenvalue weighted by Gasteiger charge is -2.15. The molecule has 2 aromatic carbocycles. The lowest BCUT2D eigenvalue weighted by Crippen LogP contribution is -2.04. The van der Waals surface area contributed by atoms with Gasteiger partial charge in [0.2, 0.25) is 0 Å². The fourth-order valence-corrected chi connectivity index (χ4v) is 2.06. The van der Waals surface area contributed by atoms with Gasteiger partial charge in [0.1, 0.15) is 12.4 Å². The number of hydrogen-bond donors (Lipinski definition) is 1. The van der Waals surface area contributed by atoms with Gasteiger partial charge in [0, 0.05) is 23.2 Å². The van der Waals surface area contributed by atoms with Gasteiger partial charge in [-0.3, -0.25) is 0 Å². The molecular weight excluding hydrogens is 281 g/mol. The van der Waals surface area contributed by atoms with E-state index in [2.05, 4.69) is 0 Å². The molecule has 0 fully saturated rings. The highest BCUT2D eigenvalue weighted by molar-refractivity contribution is 6.30. The van der Waals surface area contributed by atoms with Crippen molar-refractivity contribution in [1.29, 1.82) is 0 Å². The van der Waals surface area contributed by atoms with Crippen LogP contribution in [0.15, 0.2) is 36.4 Å². The van der Waals surface area contributed by atoms with Crippen molar-refractivity contribution < 1.29 is 13.9 Å². The van der Waals surface area contributed by atoms with E-state index in [1.54, 1.807) is 24.3 Å². The third-order valence-electron chi connectivity index (χ3n) is 2.83. The third kappa shape index (κ3) is 3.40. The van der Waals surface area contributed by atoms with Crippen LogP contribution in [-0.2, 0) is 13.2 Å². The van der Waals surface area contributed by atoms with Gasteiger partial charge in [-0.1, -0.05) is 23.7 Å². The Labute approximate surface area is 122 Å². The number of methoxy groups -OCH3 is 1. The summed E-state index contributed by atoms with van der Waals surface area (Å²) in [5, 5.41) is 0.538. The Kier molecular flexibility index (Phi) is 4.82. The van der Waals surface area contributed by atoms with Gasteiger partial charge in [0.25, 0.3) is 0 Å². The minimum Gasteiger partial charge on any atom is -0.493 e. The molecule has 0 aliphatic rings. The minimum atomic E-state index is -0.277. The van der Waals surface area contributed by atoms with Gasteiger partial charge < -0.3 is 15.2 Å². The van der Waals surface area contributed by atoms with Crippen LogP contribution in [0.5, 0.6) is 11.5 Å². The zero-order chi connectivity index (χ0) is 14.5. The Morgan fingerprint density at radius 1 is 1.20 bits per heavy atom. The zero-order valence-corrected chi connectivity index (χ0v) is 11.8. The van der Waals surface area contributed by atoms with Crippen LogP contribution in [0.1, 0.15) is 11.1 Å². The van der Waals surface area contributed by atoms with Gasteiger partial charge in [-0.05, 0) is 23.8 Å². The first-order valence-corrected chi connectivity index (χ1v) is 6.45. The average molecular weight is 296 g/mol. The highest BCUT2D eigenvalue weighted by Crippen LogP contribution is 2.35. The highest BCUT2D eigenvalue weighted by atomic mass is 35.5. The summed E-state index contributed by atoms with van der Waals surface area (Å²) in [6.07, 6.45) is 0. The predicted molar refractivity (Wildman–Crippen MR) is 76.6 cm³/mol. The van der Waals surface area contributed by atoms with E-state index in [-0.39, 0.29) is 12.4 Å². The monoisotopic (exact) mass is 295 g/mol. The summed E-state index contributed by atoms with van der Waals surface area (Å²) in [4.78, 5) is 0. The van der Waals surface area contributed by atoms with Crippen LogP contribution in [0.4, 0.5) is 4.39 Å². The largest absolute Gasteiger partial charge is 0.493 e. The van der Waals surface area contributed by atoms with Crippen molar-refractivity contribution in [3.05, 3.63) is 58.4 Å². The highest BCUT2D eigenvalue weighted by Gasteiger charge is 2.12. The molecule has 0 aromatic heterocycles. The molecule has 0 spiro atoms. The van der Waals surface area contributed by atoms with Crippen LogP contribution in [0, 0.1) is 5.82 Å². The number of ether oxygens (including phenoxy) is 2. The van der Waals surface area contributed by atoms with Crippen molar-refractivity contribution in [3.63, 3.8) is 0 Å². The molecule has 0 radical (unpaired) electrons. The fraction of sp³-hybridized carbons (Fsp3) is 0.200. The lowest BCUT2D eigenvalue weighted by molar-refractivity contribution is 0.281. The van der Waals surface area contributed by atoms with Crippen LogP contribution >= 0.6 is 11.6 Å². The maximum Gasteiger partial charge on any atom is 0.166 e. The molecule has 0 heterocycles. The molecule has 3 nitrogen and oxygen atoms in total. The van der Waals surface area contributed by atoms with E-state index in [0.29, 0.717) is 23.1 Å². The summed E-state index contributed by atoms with van der Waals surface area (Å²) in [5.41, 5.74) is 7.30. The summed E-state index contributed by atoms with van der Waals surface area (Å²) in [6, 6.07) is 9.52. The molecule has 2 aromatic rings. The van der Waals surface area contributed by atoms with E-state index in [4.69, 9.17) is 26.8 Å². The number of nitrogens with two attached hydrogens (primary N) is 1. The summed E-state index contributed by atoms with van der Waals surface area (Å²) in [7, 11) is 1.54. The molecule has 0 amide bonds. The quantitative estimate of drug-likeness (QED) is 0.918. The summed E-state index contributed by atoms with van der Waals surface area (Å²) < 4.78 is 23.8. The summed E-state index contributed by atoms with van der Waals surface area (Å²) >= 11 is 5.98. The number of halogens is 2. The first kappa shape index (κ1) is 14.6. The summed E-state index contributed by atoms with van der Waals surface area (Å²) in [5.74, 6) is 0.809. The Balaban J connectivity index is 2.21. The Hall–Kier alpha value is -1.78. The standard InChI is InChI=1S/C15H15ClFNO2/c1-19-14-7-12(16)6-11(8-18)15(14)20-9-10-2-4-13(17)5-3-10/h2-7H,8-9,18H2,1H3. The molecule has 0 aliphatic carbocycles. The molecule has 2 N–H and O–H groups in total. The van der Waals surface area contributed by atoms with Gasteiger partial charge in [0.05, 0.1) is 7.11 Å². The van der Waals surface area contributed by atoms with E-state index in [1.807, 2.05) is 0 Å². The Morgan fingerprint density at radius 2 is 1.90 bits per heavy atom. The van der Waals surface area contributed by atoms with Crippen molar-refractivity contribution in [3.8, 4) is 11.5 Å². The second-order valence-electron chi connectivity index (χ2n) is 4.22. The van der Waals surface area contributed by atoms with Crippen LogP contribution in [0.25, 0.3) is 0 Å².